The lowest BCUT2D eigenvalue weighted by Crippen LogP contribution is -2.50. The van der Waals surface area contributed by atoms with E-state index in [1.165, 1.54) is 19.2 Å². The smallest absolute Gasteiger partial charge is 0.386 e. The first-order valence-corrected chi connectivity index (χ1v) is 5.12. The molecule has 0 heterocycles. The quantitative estimate of drug-likeness (QED) is 0.621. The SMILES string of the molecule is CO[Si](O)(O)c1ccc(F)cc1. The van der Waals surface area contributed by atoms with Crippen molar-refractivity contribution in [3.8, 4) is 0 Å². The zero-order valence-electron chi connectivity index (χ0n) is 6.49. The first-order chi connectivity index (χ1) is 5.56. The van der Waals surface area contributed by atoms with Crippen LogP contribution in [0, 0.1) is 5.82 Å². The van der Waals surface area contributed by atoms with Gasteiger partial charge >= 0.3 is 8.80 Å². The van der Waals surface area contributed by atoms with Crippen molar-refractivity contribution in [2.75, 3.05) is 7.11 Å². The number of rotatable bonds is 2. The lowest BCUT2D eigenvalue weighted by Gasteiger charge is -2.14. The standard InChI is InChI=1S/C7H9FO3Si/c1-11-12(9,10)7-4-2-6(8)3-5-7/h2-5,9-10H,1H3. The molecule has 2 N–H and O–H groups in total. The highest BCUT2D eigenvalue weighted by molar-refractivity contribution is 6.72. The zero-order chi connectivity index (χ0) is 9.19. The molecule has 0 atom stereocenters. The molecule has 0 aliphatic carbocycles. The number of benzene rings is 1. The fourth-order valence-corrected chi connectivity index (χ4v) is 1.62. The predicted octanol–water partition coefficient (Wildman–Crippen LogP) is -0.397. The van der Waals surface area contributed by atoms with Gasteiger partial charge in [-0.05, 0) is 12.1 Å². The van der Waals surface area contributed by atoms with Crippen LogP contribution in [0.3, 0.4) is 0 Å². The maximum atomic E-state index is 12.4. The second-order valence-electron chi connectivity index (χ2n) is 2.32. The summed E-state index contributed by atoms with van der Waals surface area (Å²) in [6.07, 6.45) is 0. The Balaban J connectivity index is 2.96. The van der Waals surface area contributed by atoms with E-state index in [0.29, 0.717) is 0 Å². The van der Waals surface area contributed by atoms with Crippen LogP contribution in [0.4, 0.5) is 4.39 Å². The van der Waals surface area contributed by atoms with E-state index in [1.807, 2.05) is 0 Å². The molecule has 3 nitrogen and oxygen atoms in total. The molecule has 0 spiro atoms. The summed E-state index contributed by atoms with van der Waals surface area (Å²) < 4.78 is 16.9. The minimum absolute atomic E-state index is 0.228. The van der Waals surface area contributed by atoms with Gasteiger partial charge in [-0.1, -0.05) is 12.1 Å². The highest BCUT2D eigenvalue weighted by Gasteiger charge is 2.33. The molecular formula is C7H9FO3Si. The summed E-state index contributed by atoms with van der Waals surface area (Å²) in [7, 11) is -2.54. The molecule has 1 rings (SSSR count). The largest absolute Gasteiger partial charge is 0.531 e. The van der Waals surface area contributed by atoms with E-state index in [2.05, 4.69) is 4.43 Å². The fourth-order valence-electron chi connectivity index (χ4n) is 0.785. The van der Waals surface area contributed by atoms with E-state index in [0.717, 1.165) is 12.1 Å². The van der Waals surface area contributed by atoms with Crippen LogP contribution in [0.2, 0.25) is 0 Å². The predicted molar refractivity (Wildman–Crippen MR) is 43.2 cm³/mol. The van der Waals surface area contributed by atoms with Gasteiger partial charge in [-0.25, -0.2) is 4.39 Å². The van der Waals surface area contributed by atoms with E-state index < -0.39 is 14.6 Å². The Hall–Kier alpha value is -0.753. The molecule has 0 aliphatic heterocycles. The molecule has 5 heteroatoms. The van der Waals surface area contributed by atoms with Crippen LogP contribution in [0.15, 0.2) is 24.3 Å². The molecule has 12 heavy (non-hydrogen) atoms. The van der Waals surface area contributed by atoms with E-state index >= 15 is 0 Å². The van der Waals surface area contributed by atoms with Crippen molar-refractivity contribution >= 4 is 14.0 Å². The highest BCUT2D eigenvalue weighted by atomic mass is 28.4. The van der Waals surface area contributed by atoms with Crippen molar-refractivity contribution in [1.82, 2.24) is 0 Å². The van der Waals surface area contributed by atoms with Gasteiger partial charge in [-0.2, -0.15) is 0 Å². The maximum absolute atomic E-state index is 12.4. The van der Waals surface area contributed by atoms with Crippen molar-refractivity contribution in [3.05, 3.63) is 30.1 Å². The van der Waals surface area contributed by atoms with Gasteiger partial charge < -0.3 is 14.0 Å². The van der Waals surface area contributed by atoms with Crippen LogP contribution in [-0.2, 0) is 4.43 Å². The Morgan fingerprint density at radius 2 is 1.75 bits per heavy atom. The van der Waals surface area contributed by atoms with Gasteiger partial charge in [-0.3, -0.25) is 0 Å². The molecule has 0 unspecified atom stereocenters. The van der Waals surface area contributed by atoms with Crippen molar-refractivity contribution in [3.63, 3.8) is 0 Å². The average molecular weight is 188 g/mol. The summed E-state index contributed by atoms with van der Waals surface area (Å²) in [5, 5.41) is 0.228. The lowest BCUT2D eigenvalue weighted by molar-refractivity contribution is 0.204. The molecule has 0 radical (unpaired) electrons. The van der Waals surface area contributed by atoms with Crippen molar-refractivity contribution in [2.45, 2.75) is 0 Å². The Morgan fingerprint density at radius 3 is 2.17 bits per heavy atom. The normalized spacial score (nSPS) is 11.7. The van der Waals surface area contributed by atoms with E-state index in [4.69, 9.17) is 0 Å². The van der Waals surface area contributed by atoms with Crippen LogP contribution in [0.1, 0.15) is 0 Å². The Bertz CT molecular complexity index is 260. The monoisotopic (exact) mass is 188 g/mol. The van der Waals surface area contributed by atoms with Crippen molar-refractivity contribution < 1.29 is 18.4 Å². The average Bonchev–Trinajstić information content (AvgIpc) is 2.05. The molecule has 0 saturated heterocycles. The Kier molecular flexibility index (Phi) is 2.58. The number of hydrogen-bond acceptors (Lipinski definition) is 3. The van der Waals surface area contributed by atoms with Gasteiger partial charge in [0, 0.05) is 12.3 Å². The van der Waals surface area contributed by atoms with Crippen LogP contribution >= 0.6 is 0 Å². The zero-order valence-corrected chi connectivity index (χ0v) is 7.49. The molecule has 1 aromatic rings. The maximum Gasteiger partial charge on any atom is 0.531 e. The first kappa shape index (κ1) is 9.34. The summed E-state index contributed by atoms with van der Waals surface area (Å²) in [6.45, 7) is 0. The van der Waals surface area contributed by atoms with Gasteiger partial charge in [-0.15, -0.1) is 0 Å². The van der Waals surface area contributed by atoms with Crippen LogP contribution < -0.4 is 5.19 Å². The molecule has 66 valence electrons. The fraction of sp³-hybridized carbons (Fsp3) is 0.143. The molecule has 0 fully saturated rings. The van der Waals surface area contributed by atoms with E-state index in [9.17, 15) is 14.0 Å². The molecule has 0 aromatic heterocycles. The molecular weight excluding hydrogens is 179 g/mol. The second kappa shape index (κ2) is 3.32. The van der Waals surface area contributed by atoms with Gasteiger partial charge in [0.05, 0.1) is 0 Å². The lowest BCUT2D eigenvalue weighted by atomic mass is 10.3. The number of halogens is 1. The van der Waals surface area contributed by atoms with E-state index in [1.54, 1.807) is 0 Å². The summed E-state index contributed by atoms with van der Waals surface area (Å²) in [4.78, 5) is 18.5. The minimum atomic E-state index is -3.74. The topological polar surface area (TPSA) is 49.7 Å². The molecule has 0 saturated carbocycles. The summed E-state index contributed by atoms with van der Waals surface area (Å²) in [6, 6.07) is 4.90. The van der Waals surface area contributed by atoms with Crippen molar-refractivity contribution in [2.24, 2.45) is 0 Å². The molecule has 0 aliphatic rings. The minimum Gasteiger partial charge on any atom is -0.386 e. The number of hydrogen-bond donors (Lipinski definition) is 2. The third-order valence-electron chi connectivity index (χ3n) is 1.50. The third-order valence-corrected chi connectivity index (χ3v) is 3.16. The molecule has 0 amide bonds. The summed E-state index contributed by atoms with van der Waals surface area (Å²) >= 11 is 0. The van der Waals surface area contributed by atoms with Crippen LogP contribution in [0.25, 0.3) is 0 Å². The highest BCUT2D eigenvalue weighted by Crippen LogP contribution is 1.98. The third kappa shape index (κ3) is 1.89. The van der Waals surface area contributed by atoms with E-state index in [-0.39, 0.29) is 5.19 Å². The summed E-state index contributed by atoms with van der Waals surface area (Å²) in [5.74, 6) is -0.417. The second-order valence-corrected chi connectivity index (χ2v) is 4.52. The Labute approximate surface area is 70.4 Å². The Morgan fingerprint density at radius 1 is 1.25 bits per heavy atom. The van der Waals surface area contributed by atoms with Gasteiger partial charge in [0.25, 0.3) is 0 Å². The first-order valence-electron chi connectivity index (χ1n) is 3.32. The van der Waals surface area contributed by atoms with Gasteiger partial charge in [0.2, 0.25) is 0 Å². The van der Waals surface area contributed by atoms with Crippen LogP contribution in [0.5, 0.6) is 0 Å². The summed E-state index contributed by atoms with van der Waals surface area (Å²) in [5.41, 5.74) is 0. The van der Waals surface area contributed by atoms with Crippen molar-refractivity contribution in [1.29, 1.82) is 0 Å². The van der Waals surface area contributed by atoms with Crippen LogP contribution in [-0.4, -0.2) is 25.5 Å². The van der Waals surface area contributed by atoms with Gasteiger partial charge in [0.1, 0.15) is 5.82 Å². The van der Waals surface area contributed by atoms with Gasteiger partial charge in [0.15, 0.2) is 0 Å². The molecule has 0 bridgehead atoms. The molecule has 1 aromatic carbocycles.